The molecule has 1 heterocycles. The molecule has 2 aliphatic rings. The number of rotatable bonds is 3. The van der Waals surface area contributed by atoms with Gasteiger partial charge in [-0.05, 0) is 30.5 Å². The Bertz CT molecular complexity index is 534. The fraction of sp³-hybridized carbons (Fsp3) is 0.588. The molecule has 5 heteroatoms. The lowest BCUT2D eigenvalue weighted by Gasteiger charge is -2.31. The Morgan fingerprint density at radius 2 is 2.00 bits per heavy atom. The van der Waals surface area contributed by atoms with Gasteiger partial charge in [0.1, 0.15) is 0 Å². The van der Waals surface area contributed by atoms with Crippen LogP contribution in [0.3, 0.4) is 0 Å². The maximum Gasteiger partial charge on any atom is 0.191 e. The minimum atomic E-state index is 0.0990. The molecule has 1 aliphatic heterocycles. The van der Waals surface area contributed by atoms with Crippen LogP contribution in [0.1, 0.15) is 31.2 Å². The molecular formula is C17H24ClN3O. The van der Waals surface area contributed by atoms with Gasteiger partial charge in [-0.15, -0.1) is 0 Å². The van der Waals surface area contributed by atoms with Gasteiger partial charge in [0.15, 0.2) is 5.96 Å². The van der Waals surface area contributed by atoms with Crippen LogP contribution in [0.2, 0.25) is 5.02 Å². The van der Waals surface area contributed by atoms with E-state index in [1.165, 1.54) is 18.4 Å². The number of nitrogens with zero attached hydrogens (tertiary/aromatic N) is 2. The van der Waals surface area contributed by atoms with Crippen molar-refractivity contribution in [3.8, 4) is 0 Å². The second-order valence-electron chi connectivity index (χ2n) is 6.27. The molecule has 1 saturated carbocycles. The summed E-state index contributed by atoms with van der Waals surface area (Å²) >= 11 is 6.19. The van der Waals surface area contributed by atoms with E-state index in [1.54, 1.807) is 0 Å². The first-order chi connectivity index (χ1) is 10.7. The predicted molar refractivity (Wildman–Crippen MR) is 90.5 cm³/mol. The summed E-state index contributed by atoms with van der Waals surface area (Å²) in [6.07, 6.45) is 4.82. The third-order valence-electron chi connectivity index (χ3n) is 4.88. The van der Waals surface area contributed by atoms with Crippen molar-refractivity contribution in [3.05, 3.63) is 34.9 Å². The SMILES string of the molecule is NC(=NCC1(c2cccc(Cl)c2)CCCC1)N1CCOCC1. The lowest BCUT2D eigenvalue weighted by atomic mass is 9.79. The number of ether oxygens (including phenoxy) is 1. The molecule has 22 heavy (non-hydrogen) atoms. The van der Waals surface area contributed by atoms with Gasteiger partial charge in [0.05, 0.1) is 19.8 Å². The van der Waals surface area contributed by atoms with E-state index in [2.05, 4.69) is 17.0 Å². The first-order valence-electron chi connectivity index (χ1n) is 8.08. The zero-order chi connectivity index (χ0) is 15.4. The first kappa shape index (κ1) is 15.6. The molecular weight excluding hydrogens is 298 g/mol. The van der Waals surface area contributed by atoms with Crippen LogP contribution < -0.4 is 5.73 Å². The molecule has 0 amide bonds. The van der Waals surface area contributed by atoms with E-state index in [1.807, 2.05) is 12.1 Å². The minimum absolute atomic E-state index is 0.0990. The van der Waals surface area contributed by atoms with Crippen molar-refractivity contribution in [2.75, 3.05) is 32.8 Å². The van der Waals surface area contributed by atoms with Gasteiger partial charge in [0.2, 0.25) is 0 Å². The summed E-state index contributed by atoms with van der Waals surface area (Å²) in [6, 6.07) is 8.23. The minimum Gasteiger partial charge on any atom is -0.378 e. The van der Waals surface area contributed by atoms with Crippen LogP contribution in [-0.2, 0) is 10.2 Å². The van der Waals surface area contributed by atoms with Gasteiger partial charge in [0.25, 0.3) is 0 Å². The molecule has 0 spiro atoms. The van der Waals surface area contributed by atoms with Crippen molar-refractivity contribution in [3.63, 3.8) is 0 Å². The highest BCUT2D eigenvalue weighted by molar-refractivity contribution is 6.30. The monoisotopic (exact) mass is 321 g/mol. The summed E-state index contributed by atoms with van der Waals surface area (Å²) in [5.74, 6) is 0.650. The molecule has 1 aliphatic carbocycles. The maximum atomic E-state index is 6.19. The van der Waals surface area contributed by atoms with Gasteiger partial charge >= 0.3 is 0 Å². The molecule has 0 aromatic heterocycles. The molecule has 120 valence electrons. The van der Waals surface area contributed by atoms with Crippen molar-refractivity contribution >= 4 is 17.6 Å². The van der Waals surface area contributed by atoms with Crippen molar-refractivity contribution in [2.45, 2.75) is 31.1 Å². The van der Waals surface area contributed by atoms with Crippen LogP contribution >= 0.6 is 11.6 Å². The summed E-state index contributed by atoms with van der Waals surface area (Å²) in [5.41, 5.74) is 7.59. The second-order valence-corrected chi connectivity index (χ2v) is 6.71. The van der Waals surface area contributed by atoms with E-state index in [-0.39, 0.29) is 5.41 Å². The van der Waals surface area contributed by atoms with E-state index in [4.69, 9.17) is 27.1 Å². The maximum absolute atomic E-state index is 6.19. The first-order valence-corrected chi connectivity index (χ1v) is 8.46. The van der Waals surface area contributed by atoms with Crippen molar-refractivity contribution in [2.24, 2.45) is 10.7 Å². The summed E-state index contributed by atoms with van der Waals surface area (Å²) in [7, 11) is 0. The number of morpholine rings is 1. The Morgan fingerprint density at radius 1 is 1.27 bits per heavy atom. The molecule has 0 bridgehead atoms. The average Bonchev–Trinajstić information content (AvgIpc) is 3.04. The van der Waals surface area contributed by atoms with Crippen molar-refractivity contribution < 1.29 is 4.74 Å². The summed E-state index contributed by atoms with van der Waals surface area (Å²) < 4.78 is 5.36. The number of hydrogen-bond donors (Lipinski definition) is 1. The van der Waals surface area contributed by atoms with Gasteiger partial charge in [0, 0.05) is 23.5 Å². The summed E-state index contributed by atoms with van der Waals surface area (Å²) in [5, 5.41) is 0.800. The van der Waals surface area contributed by atoms with Gasteiger partial charge in [-0.1, -0.05) is 36.6 Å². The van der Waals surface area contributed by atoms with Crippen LogP contribution in [0, 0.1) is 0 Å². The fourth-order valence-electron chi connectivity index (χ4n) is 3.53. The van der Waals surface area contributed by atoms with E-state index in [9.17, 15) is 0 Å². The smallest absolute Gasteiger partial charge is 0.191 e. The van der Waals surface area contributed by atoms with Crippen LogP contribution in [0.15, 0.2) is 29.3 Å². The largest absolute Gasteiger partial charge is 0.378 e. The van der Waals surface area contributed by atoms with E-state index in [0.717, 1.165) is 50.7 Å². The van der Waals surface area contributed by atoms with E-state index >= 15 is 0 Å². The second kappa shape index (κ2) is 6.88. The van der Waals surface area contributed by atoms with Crippen LogP contribution in [0.25, 0.3) is 0 Å². The normalized spacial score (nSPS) is 22.0. The molecule has 1 aromatic carbocycles. The van der Waals surface area contributed by atoms with E-state index in [0.29, 0.717) is 5.96 Å². The topological polar surface area (TPSA) is 50.8 Å². The Balaban J connectivity index is 1.77. The molecule has 2 N–H and O–H groups in total. The van der Waals surface area contributed by atoms with Crippen molar-refractivity contribution in [1.29, 1.82) is 0 Å². The number of benzene rings is 1. The molecule has 3 rings (SSSR count). The molecule has 0 unspecified atom stereocenters. The standard InChI is InChI=1S/C17H24ClN3O/c18-15-5-3-4-14(12-15)17(6-1-2-7-17)13-20-16(19)21-8-10-22-11-9-21/h3-5,12H,1-2,6-11,13H2,(H2,19,20). The Kier molecular flexibility index (Phi) is 4.89. The predicted octanol–water partition coefficient (Wildman–Crippen LogP) is 2.80. The van der Waals surface area contributed by atoms with Gasteiger partial charge in [-0.2, -0.15) is 0 Å². The van der Waals surface area contributed by atoms with Crippen molar-refractivity contribution in [1.82, 2.24) is 4.90 Å². The molecule has 1 saturated heterocycles. The van der Waals surface area contributed by atoms with Crippen LogP contribution in [0.5, 0.6) is 0 Å². The number of hydrogen-bond acceptors (Lipinski definition) is 2. The Morgan fingerprint density at radius 3 is 2.68 bits per heavy atom. The molecule has 4 nitrogen and oxygen atoms in total. The fourth-order valence-corrected chi connectivity index (χ4v) is 3.72. The number of aliphatic imine (C=N–C) groups is 1. The number of guanidine groups is 1. The number of halogens is 1. The molecule has 0 radical (unpaired) electrons. The highest BCUT2D eigenvalue weighted by Gasteiger charge is 2.35. The highest BCUT2D eigenvalue weighted by atomic mass is 35.5. The quantitative estimate of drug-likeness (QED) is 0.688. The van der Waals surface area contributed by atoms with Crippen LogP contribution in [-0.4, -0.2) is 43.7 Å². The molecule has 1 aromatic rings. The third kappa shape index (κ3) is 3.39. The Hall–Kier alpha value is -1.26. The molecule has 0 atom stereocenters. The summed E-state index contributed by atoms with van der Waals surface area (Å²) in [4.78, 5) is 6.84. The molecule has 2 fully saturated rings. The summed E-state index contributed by atoms with van der Waals surface area (Å²) in [6.45, 7) is 3.88. The lowest BCUT2D eigenvalue weighted by molar-refractivity contribution is 0.0673. The zero-order valence-corrected chi connectivity index (χ0v) is 13.7. The number of nitrogens with two attached hydrogens (primary N) is 1. The highest BCUT2D eigenvalue weighted by Crippen LogP contribution is 2.42. The lowest BCUT2D eigenvalue weighted by Crippen LogP contribution is -2.45. The van der Waals surface area contributed by atoms with Crippen LogP contribution in [0.4, 0.5) is 0 Å². The van der Waals surface area contributed by atoms with Gasteiger partial charge in [-0.25, -0.2) is 0 Å². The zero-order valence-electron chi connectivity index (χ0n) is 12.9. The third-order valence-corrected chi connectivity index (χ3v) is 5.11. The van der Waals surface area contributed by atoms with E-state index < -0.39 is 0 Å². The van der Waals surface area contributed by atoms with Gasteiger partial charge < -0.3 is 15.4 Å². The Labute approximate surface area is 137 Å². The average molecular weight is 322 g/mol. The van der Waals surface area contributed by atoms with Gasteiger partial charge in [-0.3, -0.25) is 4.99 Å².